The zero-order chi connectivity index (χ0) is 11.6. The van der Waals surface area contributed by atoms with E-state index >= 15 is 0 Å². The summed E-state index contributed by atoms with van der Waals surface area (Å²) in [6.45, 7) is 8.06. The minimum atomic E-state index is 1.24. The van der Waals surface area contributed by atoms with Crippen LogP contribution >= 0.6 is 0 Å². The summed E-state index contributed by atoms with van der Waals surface area (Å²) in [7, 11) is 0. The van der Waals surface area contributed by atoms with Gasteiger partial charge in [0.05, 0.1) is 39.3 Å². The second-order valence-electron chi connectivity index (χ2n) is 5.62. The second-order valence-corrected chi connectivity index (χ2v) is 5.62. The van der Waals surface area contributed by atoms with Gasteiger partial charge in [-0.3, -0.25) is 0 Å². The van der Waals surface area contributed by atoms with E-state index in [1.807, 2.05) is 0 Å². The Hall–Kier alpha value is -1.02. The van der Waals surface area contributed by atoms with Crippen molar-refractivity contribution in [1.29, 1.82) is 0 Å². The van der Waals surface area contributed by atoms with E-state index in [9.17, 15) is 0 Å². The second kappa shape index (κ2) is 4.69. The summed E-state index contributed by atoms with van der Waals surface area (Å²) in [5.41, 5.74) is 1.40. The summed E-state index contributed by atoms with van der Waals surface area (Å²) in [4.78, 5) is 2.55. The standard InChI is InChI=1S/C15H23N2/c1-3-7-15(8-4-1)16-9-13-17(14-10-16)11-5-2-6-12-17/h1,3-4,7-8H,2,5-6,9-14H2/q+1. The Bertz CT molecular complexity index is 344. The Labute approximate surface area is 104 Å². The number of hydrogen-bond donors (Lipinski definition) is 0. The summed E-state index contributed by atoms with van der Waals surface area (Å²) < 4.78 is 1.41. The fraction of sp³-hybridized carbons (Fsp3) is 0.600. The van der Waals surface area contributed by atoms with Crippen LogP contribution < -0.4 is 4.90 Å². The van der Waals surface area contributed by atoms with Gasteiger partial charge in [-0.25, -0.2) is 0 Å². The maximum absolute atomic E-state index is 2.55. The van der Waals surface area contributed by atoms with Gasteiger partial charge in [0.2, 0.25) is 0 Å². The predicted molar refractivity (Wildman–Crippen MR) is 72.2 cm³/mol. The molecule has 0 amide bonds. The SMILES string of the molecule is c1ccc(N2CC[N+]3(CCCCC3)CC2)cc1. The van der Waals surface area contributed by atoms with E-state index in [1.54, 1.807) is 0 Å². The van der Waals surface area contributed by atoms with Crippen LogP contribution in [0.15, 0.2) is 30.3 Å². The monoisotopic (exact) mass is 231 g/mol. The number of nitrogens with zero attached hydrogens (tertiary/aromatic N) is 2. The number of hydrogen-bond acceptors (Lipinski definition) is 1. The minimum absolute atomic E-state index is 1.24. The van der Waals surface area contributed by atoms with Crippen molar-refractivity contribution in [1.82, 2.24) is 0 Å². The summed E-state index contributed by atoms with van der Waals surface area (Å²) in [6, 6.07) is 10.9. The van der Waals surface area contributed by atoms with Gasteiger partial charge in [0, 0.05) is 5.69 Å². The predicted octanol–water partition coefficient (Wildman–Crippen LogP) is 2.51. The lowest BCUT2D eigenvalue weighted by atomic mass is 10.1. The van der Waals surface area contributed by atoms with Crippen LogP contribution in [0.1, 0.15) is 19.3 Å². The van der Waals surface area contributed by atoms with Gasteiger partial charge < -0.3 is 9.38 Å². The number of para-hydroxylation sites is 1. The van der Waals surface area contributed by atoms with E-state index in [2.05, 4.69) is 35.2 Å². The van der Waals surface area contributed by atoms with Gasteiger partial charge in [-0.2, -0.15) is 0 Å². The average Bonchev–Trinajstić information content (AvgIpc) is 2.42. The van der Waals surface area contributed by atoms with Gasteiger partial charge in [-0.15, -0.1) is 0 Å². The molecule has 2 saturated heterocycles. The van der Waals surface area contributed by atoms with Crippen molar-refractivity contribution in [2.75, 3.05) is 44.2 Å². The van der Waals surface area contributed by atoms with Gasteiger partial charge in [0.1, 0.15) is 0 Å². The lowest BCUT2D eigenvalue weighted by Gasteiger charge is -2.47. The smallest absolute Gasteiger partial charge is 0.0965 e. The molecule has 0 bridgehead atoms. The molecule has 3 rings (SSSR count). The number of quaternary nitrogens is 1. The maximum atomic E-state index is 2.55. The molecule has 0 aromatic heterocycles. The molecular weight excluding hydrogens is 208 g/mol. The highest BCUT2D eigenvalue weighted by Crippen LogP contribution is 2.24. The first-order chi connectivity index (χ1) is 8.38. The summed E-state index contributed by atoms with van der Waals surface area (Å²) >= 11 is 0. The first-order valence-electron chi connectivity index (χ1n) is 7.03. The molecule has 1 aromatic rings. The van der Waals surface area contributed by atoms with Crippen molar-refractivity contribution in [2.24, 2.45) is 0 Å². The number of benzene rings is 1. The zero-order valence-corrected chi connectivity index (χ0v) is 10.6. The van der Waals surface area contributed by atoms with Gasteiger partial charge in [0.15, 0.2) is 0 Å². The Morgan fingerprint density at radius 3 is 2.06 bits per heavy atom. The first-order valence-corrected chi connectivity index (χ1v) is 7.03. The molecule has 0 aliphatic carbocycles. The van der Waals surface area contributed by atoms with Crippen molar-refractivity contribution in [3.63, 3.8) is 0 Å². The minimum Gasteiger partial charge on any atom is -0.360 e. The van der Waals surface area contributed by atoms with Crippen molar-refractivity contribution >= 4 is 5.69 Å². The Balaban J connectivity index is 1.64. The molecule has 2 aliphatic heterocycles. The third-order valence-electron chi connectivity index (χ3n) is 4.57. The van der Waals surface area contributed by atoms with Crippen LogP contribution in [-0.2, 0) is 0 Å². The topological polar surface area (TPSA) is 3.24 Å². The molecule has 0 atom stereocenters. The molecule has 2 nitrogen and oxygen atoms in total. The highest BCUT2D eigenvalue weighted by atomic mass is 15.4. The highest BCUT2D eigenvalue weighted by molar-refractivity contribution is 5.46. The molecule has 92 valence electrons. The van der Waals surface area contributed by atoms with E-state index in [0.717, 1.165) is 0 Å². The number of piperidine rings is 1. The van der Waals surface area contributed by atoms with Gasteiger partial charge in [-0.05, 0) is 31.4 Å². The van der Waals surface area contributed by atoms with Crippen LogP contribution in [0.2, 0.25) is 0 Å². The molecular formula is C15H23N2+. The van der Waals surface area contributed by atoms with Crippen LogP contribution in [0.5, 0.6) is 0 Å². The van der Waals surface area contributed by atoms with Crippen LogP contribution in [0.3, 0.4) is 0 Å². The molecule has 0 saturated carbocycles. The van der Waals surface area contributed by atoms with Crippen LogP contribution in [0.25, 0.3) is 0 Å². The Morgan fingerprint density at radius 1 is 0.765 bits per heavy atom. The van der Waals surface area contributed by atoms with Crippen LogP contribution in [0, 0.1) is 0 Å². The summed E-state index contributed by atoms with van der Waals surface area (Å²) in [5, 5.41) is 0. The van der Waals surface area contributed by atoms with Crippen molar-refractivity contribution < 1.29 is 4.48 Å². The molecule has 0 unspecified atom stereocenters. The van der Waals surface area contributed by atoms with E-state index in [0.29, 0.717) is 0 Å². The molecule has 2 heterocycles. The first kappa shape index (κ1) is 11.1. The lowest BCUT2D eigenvalue weighted by molar-refractivity contribution is -0.932. The van der Waals surface area contributed by atoms with Crippen molar-refractivity contribution in [3.05, 3.63) is 30.3 Å². The number of piperazine rings is 1. The maximum Gasteiger partial charge on any atom is 0.0965 e. The largest absolute Gasteiger partial charge is 0.360 e. The van der Waals surface area contributed by atoms with Crippen LogP contribution in [-0.4, -0.2) is 43.8 Å². The molecule has 1 aromatic carbocycles. The van der Waals surface area contributed by atoms with Crippen molar-refractivity contribution in [2.45, 2.75) is 19.3 Å². The Kier molecular flexibility index (Phi) is 3.06. The molecule has 2 heteroatoms. The molecule has 2 fully saturated rings. The average molecular weight is 231 g/mol. The fourth-order valence-electron chi connectivity index (χ4n) is 3.42. The fourth-order valence-corrected chi connectivity index (χ4v) is 3.42. The molecule has 1 spiro atoms. The number of anilines is 1. The van der Waals surface area contributed by atoms with E-state index in [1.165, 1.54) is 68.7 Å². The molecule has 0 N–H and O–H groups in total. The summed E-state index contributed by atoms with van der Waals surface area (Å²) in [6.07, 6.45) is 4.36. The third kappa shape index (κ3) is 2.32. The Morgan fingerprint density at radius 2 is 1.41 bits per heavy atom. The molecule has 17 heavy (non-hydrogen) atoms. The summed E-state index contributed by atoms with van der Waals surface area (Å²) in [5.74, 6) is 0. The highest BCUT2D eigenvalue weighted by Gasteiger charge is 2.33. The van der Waals surface area contributed by atoms with E-state index < -0.39 is 0 Å². The van der Waals surface area contributed by atoms with Crippen molar-refractivity contribution in [3.8, 4) is 0 Å². The number of rotatable bonds is 1. The van der Waals surface area contributed by atoms with E-state index in [-0.39, 0.29) is 0 Å². The lowest BCUT2D eigenvalue weighted by Crippen LogP contribution is -2.61. The molecule has 0 radical (unpaired) electrons. The van der Waals surface area contributed by atoms with Crippen LogP contribution in [0.4, 0.5) is 5.69 Å². The van der Waals surface area contributed by atoms with Gasteiger partial charge in [0.25, 0.3) is 0 Å². The normalized spacial score (nSPS) is 23.9. The molecule has 2 aliphatic rings. The van der Waals surface area contributed by atoms with E-state index in [4.69, 9.17) is 0 Å². The van der Waals surface area contributed by atoms with Gasteiger partial charge in [-0.1, -0.05) is 18.2 Å². The zero-order valence-electron chi connectivity index (χ0n) is 10.6. The quantitative estimate of drug-likeness (QED) is 0.671. The van der Waals surface area contributed by atoms with Gasteiger partial charge >= 0.3 is 0 Å². The third-order valence-corrected chi connectivity index (χ3v) is 4.57.